The first kappa shape index (κ1) is 11.5. The minimum atomic E-state index is -0.733. The highest BCUT2D eigenvalue weighted by Crippen LogP contribution is 2.39. The van der Waals surface area contributed by atoms with Gasteiger partial charge in [-0.25, -0.2) is 4.98 Å². The van der Waals surface area contributed by atoms with E-state index < -0.39 is 22.8 Å². The number of benzene rings is 1. The molecule has 2 aromatic heterocycles. The van der Waals surface area contributed by atoms with Gasteiger partial charge in [0.15, 0.2) is 17.3 Å². The second-order valence-electron chi connectivity index (χ2n) is 3.88. The standard InChI is InChI=1S/C12H8N2O4S/c15-6-4-5-8(10(17)9(6)16)12(18)14-11(13-5)7-2-1-3-19-7/h1-4,15-17H,(H,13,14,18). The minimum Gasteiger partial charge on any atom is -0.504 e. The number of phenols is 3. The number of nitrogens with zero attached hydrogens (tertiary/aromatic N) is 1. The maximum atomic E-state index is 11.9. The molecule has 0 bridgehead atoms. The molecule has 0 aliphatic rings. The Kier molecular flexibility index (Phi) is 2.42. The first-order valence-electron chi connectivity index (χ1n) is 5.29. The Bertz CT molecular complexity index is 824. The topological polar surface area (TPSA) is 106 Å². The molecule has 3 aromatic rings. The van der Waals surface area contributed by atoms with E-state index in [9.17, 15) is 20.1 Å². The molecular weight excluding hydrogens is 268 g/mol. The first-order chi connectivity index (χ1) is 9.08. The summed E-state index contributed by atoms with van der Waals surface area (Å²) < 4.78 is 0. The molecule has 3 rings (SSSR count). The lowest BCUT2D eigenvalue weighted by atomic mass is 10.2. The number of hydrogen-bond donors (Lipinski definition) is 4. The van der Waals surface area contributed by atoms with Crippen molar-refractivity contribution >= 4 is 22.2 Å². The Balaban J connectivity index is 2.39. The van der Waals surface area contributed by atoms with Crippen LogP contribution in [0.2, 0.25) is 0 Å². The Morgan fingerprint density at radius 1 is 1.21 bits per heavy atom. The van der Waals surface area contributed by atoms with E-state index in [4.69, 9.17) is 0 Å². The van der Waals surface area contributed by atoms with Crippen LogP contribution in [-0.4, -0.2) is 25.3 Å². The zero-order chi connectivity index (χ0) is 13.6. The van der Waals surface area contributed by atoms with E-state index in [-0.39, 0.29) is 10.9 Å². The lowest BCUT2D eigenvalue weighted by molar-refractivity contribution is 0.371. The van der Waals surface area contributed by atoms with Gasteiger partial charge < -0.3 is 20.3 Å². The molecule has 1 aromatic carbocycles. The number of aromatic amines is 1. The van der Waals surface area contributed by atoms with Crippen LogP contribution in [0.25, 0.3) is 21.6 Å². The summed E-state index contributed by atoms with van der Waals surface area (Å²) in [5.74, 6) is -1.60. The van der Waals surface area contributed by atoms with Crippen LogP contribution in [0.15, 0.2) is 28.4 Å². The number of hydrogen-bond acceptors (Lipinski definition) is 6. The van der Waals surface area contributed by atoms with Crippen LogP contribution in [0.4, 0.5) is 0 Å². The molecule has 19 heavy (non-hydrogen) atoms. The third-order valence-electron chi connectivity index (χ3n) is 2.68. The van der Waals surface area contributed by atoms with Crippen LogP contribution in [-0.2, 0) is 0 Å². The van der Waals surface area contributed by atoms with Gasteiger partial charge in [0.05, 0.1) is 10.4 Å². The van der Waals surface area contributed by atoms with Gasteiger partial charge in [0.1, 0.15) is 5.39 Å². The lowest BCUT2D eigenvalue weighted by Crippen LogP contribution is -2.09. The highest BCUT2D eigenvalue weighted by atomic mass is 32.1. The number of rotatable bonds is 1. The van der Waals surface area contributed by atoms with E-state index in [0.29, 0.717) is 5.82 Å². The summed E-state index contributed by atoms with van der Waals surface area (Å²) in [6.07, 6.45) is 0. The van der Waals surface area contributed by atoms with Crippen molar-refractivity contribution in [3.8, 4) is 28.0 Å². The van der Waals surface area contributed by atoms with Gasteiger partial charge in [-0.1, -0.05) is 6.07 Å². The van der Waals surface area contributed by atoms with Gasteiger partial charge in [0.25, 0.3) is 5.56 Å². The Hall–Kier alpha value is -2.54. The van der Waals surface area contributed by atoms with Crippen LogP contribution in [0.1, 0.15) is 0 Å². The van der Waals surface area contributed by atoms with E-state index in [2.05, 4.69) is 9.97 Å². The van der Waals surface area contributed by atoms with Crippen molar-refractivity contribution in [1.82, 2.24) is 9.97 Å². The smallest absolute Gasteiger partial charge is 0.262 e. The number of phenolic OH excluding ortho intramolecular Hbond substituents is 3. The molecule has 96 valence electrons. The fourth-order valence-corrected chi connectivity index (χ4v) is 2.46. The molecule has 0 radical (unpaired) electrons. The number of fused-ring (bicyclic) bond motifs is 1. The molecule has 0 unspecified atom stereocenters. The Morgan fingerprint density at radius 3 is 2.68 bits per heavy atom. The predicted octanol–water partition coefficient (Wildman–Crippen LogP) is 1.77. The molecule has 0 aliphatic carbocycles. The van der Waals surface area contributed by atoms with Gasteiger partial charge in [-0.15, -0.1) is 11.3 Å². The number of nitrogens with one attached hydrogen (secondary N) is 1. The quantitative estimate of drug-likeness (QED) is 0.507. The van der Waals surface area contributed by atoms with Crippen molar-refractivity contribution in [1.29, 1.82) is 0 Å². The largest absolute Gasteiger partial charge is 0.504 e. The van der Waals surface area contributed by atoms with Crippen LogP contribution in [0.5, 0.6) is 17.2 Å². The maximum Gasteiger partial charge on any atom is 0.262 e. The van der Waals surface area contributed by atoms with Gasteiger partial charge >= 0.3 is 0 Å². The molecule has 0 atom stereocenters. The van der Waals surface area contributed by atoms with Gasteiger partial charge in [-0.3, -0.25) is 4.79 Å². The fourth-order valence-electron chi connectivity index (χ4n) is 1.79. The van der Waals surface area contributed by atoms with Gasteiger partial charge in [0.2, 0.25) is 5.75 Å². The number of thiophene rings is 1. The van der Waals surface area contributed by atoms with Crippen molar-refractivity contribution in [3.05, 3.63) is 33.9 Å². The van der Waals surface area contributed by atoms with Crippen LogP contribution < -0.4 is 5.56 Å². The predicted molar refractivity (Wildman–Crippen MR) is 70.7 cm³/mol. The van der Waals surface area contributed by atoms with E-state index in [1.807, 2.05) is 11.4 Å². The third kappa shape index (κ3) is 1.71. The Labute approximate surface area is 110 Å². The zero-order valence-corrected chi connectivity index (χ0v) is 10.2. The summed E-state index contributed by atoms with van der Waals surface area (Å²) in [5, 5.41) is 30.2. The van der Waals surface area contributed by atoms with Gasteiger partial charge in [-0.2, -0.15) is 0 Å². The van der Waals surface area contributed by atoms with Crippen molar-refractivity contribution in [2.75, 3.05) is 0 Å². The van der Waals surface area contributed by atoms with Crippen LogP contribution in [0.3, 0.4) is 0 Å². The fraction of sp³-hybridized carbons (Fsp3) is 0. The summed E-state index contributed by atoms with van der Waals surface area (Å²) >= 11 is 1.40. The molecule has 0 amide bonds. The van der Waals surface area contributed by atoms with E-state index in [0.717, 1.165) is 10.9 Å². The van der Waals surface area contributed by atoms with Crippen molar-refractivity contribution < 1.29 is 15.3 Å². The number of aromatic nitrogens is 2. The van der Waals surface area contributed by atoms with E-state index in [1.54, 1.807) is 6.07 Å². The lowest BCUT2D eigenvalue weighted by Gasteiger charge is -2.05. The second-order valence-corrected chi connectivity index (χ2v) is 4.83. The minimum absolute atomic E-state index is 0.111. The third-order valence-corrected chi connectivity index (χ3v) is 3.56. The van der Waals surface area contributed by atoms with Crippen LogP contribution in [0, 0.1) is 0 Å². The molecular formula is C12H8N2O4S. The molecule has 4 N–H and O–H groups in total. The molecule has 2 heterocycles. The maximum absolute atomic E-state index is 11.9. The number of aromatic hydroxyl groups is 3. The Morgan fingerprint density at radius 2 is 2.00 bits per heavy atom. The molecule has 0 fully saturated rings. The van der Waals surface area contributed by atoms with Crippen molar-refractivity contribution in [3.63, 3.8) is 0 Å². The van der Waals surface area contributed by atoms with Gasteiger partial charge in [-0.05, 0) is 11.4 Å². The van der Waals surface area contributed by atoms with Crippen molar-refractivity contribution in [2.24, 2.45) is 0 Å². The first-order valence-corrected chi connectivity index (χ1v) is 6.17. The van der Waals surface area contributed by atoms with E-state index >= 15 is 0 Å². The van der Waals surface area contributed by atoms with E-state index in [1.165, 1.54) is 11.3 Å². The summed E-state index contributed by atoms with van der Waals surface area (Å²) in [5.41, 5.74) is -0.471. The SMILES string of the molecule is O=c1[nH]c(-c2cccs2)nc2cc(O)c(O)c(O)c12. The molecule has 0 aliphatic heterocycles. The summed E-state index contributed by atoms with van der Waals surface area (Å²) in [6, 6.07) is 4.74. The van der Waals surface area contributed by atoms with Crippen LogP contribution >= 0.6 is 11.3 Å². The average molecular weight is 276 g/mol. The highest BCUT2D eigenvalue weighted by molar-refractivity contribution is 7.13. The zero-order valence-electron chi connectivity index (χ0n) is 9.41. The molecule has 0 saturated heterocycles. The highest BCUT2D eigenvalue weighted by Gasteiger charge is 2.16. The average Bonchev–Trinajstić information content (AvgIpc) is 2.89. The second kappa shape index (κ2) is 3.99. The monoisotopic (exact) mass is 276 g/mol. The number of H-pyrrole nitrogens is 1. The van der Waals surface area contributed by atoms with Crippen molar-refractivity contribution in [2.45, 2.75) is 0 Å². The summed E-state index contributed by atoms with van der Waals surface area (Å²) in [6.45, 7) is 0. The van der Waals surface area contributed by atoms with Gasteiger partial charge in [0, 0.05) is 6.07 Å². The summed E-state index contributed by atoms with van der Waals surface area (Å²) in [4.78, 5) is 19.4. The molecule has 0 saturated carbocycles. The normalized spacial score (nSPS) is 10.9. The molecule has 0 spiro atoms. The summed E-state index contributed by atoms with van der Waals surface area (Å²) in [7, 11) is 0. The molecule has 7 heteroatoms. The molecule has 6 nitrogen and oxygen atoms in total.